The van der Waals surface area contributed by atoms with Crippen molar-refractivity contribution in [3.63, 3.8) is 0 Å². The maximum Gasteiger partial charge on any atom is 0.215 e. The van der Waals surface area contributed by atoms with E-state index in [4.69, 9.17) is 9.47 Å². The summed E-state index contributed by atoms with van der Waals surface area (Å²) in [4.78, 5) is 46.4. The van der Waals surface area contributed by atoms with Gasteiger partial charge in [-0.3, -0.25) is 19.2 Å². The molecule has 172 valence electrons. The Morgan fingerprint density at radius 1 is 0.727 bits per heavy atom. The van der Waals surface area contributed by atoms with Gasteiger partial charge in [-0.05, 0) is 60.4 Å². The maximum atomic E-state index is 12.0. The first-order valence-electron chi connectivity index (χ1n) is 10.4. The van der Waals surface area contributed by atoms with Crippen LogP contribution in [0.4, 0.5) is 0 Å². The molecule has 0 N–H and O–H groups in total. The quantitative estimate of drug-likeness (QED) is 0.275. The zero-order valence-electron chi connectivity index (χ0n) is 19.3. The van der Waals surface area contributed by atoms with Crippen LogP contribution in [0.25, 0.3) is 0 Å². The van der Waals surface area contributed by atoms with E-state index in [1.165, 1.54) is 13.8 Å². The van der Waals surface area contributed by atoms with E-state index in [9.17, 15) is 19.2 Å². The van der Waals surface area contributed by atoms with Gasteiger partial charge in [0, 0.05) is 5.41 Å². The van der Waals surface area contributed by atoms with Crippen molar-refractivity contribution < 1.29 is 28.7 Å². The molecule has 0 bridgehead atoms. The Hall–Kier alpha value is -3.80. The van der Waals surface area contributed by atoms with E-state index in [1.807, 2.05) is 38.1 Å². The first-order valence-corrected chi connectivity index (χ1v) is 10.4. The van der Waals surface area contributed by atoms with Gasteiger partial charge in [0.1, 0.15) is 11.5 Å². The van der Waals surface area contributed by atoms with Crippen LogP contribution in [0.15, 0.2) is 72.8 Å². The minimum atomic E-state index is -1.22. The normalized spacial score (nSPS) is 12.7. The fraction of sp³-hybridized carbons (Fsp3) is 0.259. The number of rotatable bonds is 12. The summed E-state index contributed by atoms with van der Waals surface area (Å²) >= 11 is 0. The van der Waals surface area contributed by atoms with Crippen LogP contribution in [0.5, 0.6) is 11.5 Å². The molecule has 0 fully saturated rings. The molecular weight excluding hydrogens is 420 g/mol. The molecule has 2 atom stereocenters. The second kappa shape index (κ2) is 10.7. The largest absolute Gasteiger partial charge is 0.475 e. The number of hydrogen-bond acceptors (Lipinski definition) is 6. The highest BCUT2D eigenvalue weighted by atomic mass is 16.5. The Kier molecular flexibility index (Phi) is 8.24. The third-order valence-electron chi connectivity index (χ3n) is 5.28. The van der Waals surface area contributed by atoms with Crippen LogP contribution >= 0.6 is 0 Å². The predicted octanol–water partition coefficient (Wildman–Crippen LogP) is 4.20. The van der Waals surface area contributed by atoms with Gasteiger partial charge in [0.25, 0.3) is 0 Å². The summed E-state index contributed by atoms with van der Waals surface area (Å²) < 4.78 is 11.0. The number of aldehydes is 2. The van der Waals surface area contributed by atoms with E-state index in [1.54, 1.807) is 24.3 Å². The van der Waals surface area contributed by atoms with Crippen molar-refractivity contribution in [3.05, 3.63) is 84.0 Å². The van der Waals surface area contributed by atoms with E-state index in [-0.39, 0.29) is 11.1 Å². The van der Waals surface area contributed by atoms with Crippen LogP contribution in [0.3, 0.4) is 0 Å². The van der Waals surface area contributed by atoms with Crippen LogP contribution in [-0.4, -0.2) is 36.3 Å². The lowest BCUT2D eigenvalue weighted by atomic mass is 9.78. The third-order valence-corrected chi connectivity index (χ3v) is 5.28. The molecule has 0 saturated carbocycles. The van der Waals surface area contributed by atoms with Gasteiger partial charge in [-0.1, -0.05) is 51.3 Å². The number of carbonyl (C=O) groups excluding carboxylic acids is 4. The van der Waals surface area contributed by atoms with Crippen LogP contribution in [-0.2, 0) is 24.6 Å². The van der Waals surface area contributed by atoms with Crippen LogP contribution in [0.1, 0.15) is 38.8 Å². The van der Waals surface area contributed by atoms with Crippen LogP contribution < -0.4 is 9.47 Å². The van der Waals surface area contributed by atoms with Gasteiger partial charge in [-0.15, -0.1) is 0 Å². The third kappa shape index (κ3) is 6.13. The smallest absolute Gasteiger partial charge is 0.215 e. The van der Waals surface area contributed by atoms with E-state index in [0.29, 0.717) is 24.1 Å². The second-order valence-electron chi connectivity index (χ2n) is 8.31. The molecule has 6 heteroatoms. The number of carbonyl (C=O) groups is 4. The first-order chi connectivity index (χ1) is 15.5. The zero-order valence-corrected chi connectivity index (χ0v) is 19.3. The molecule has 0 aromatic heterocycles. The van der Waals surface area contributed by atoms with Crippen LogP contribution in [0, 0.1) is 0 Å². The summed E-state index contributed by atoms with van der Waals surface area (Å²) in [5.41, 5.74) is 2.05. The van der Waals surface area contributed by atoms with Gasteiger partial charge in [0.15, 0.2) is 12.6 Å². The molecule has 2 unspecified atom stereocenters. The summed E-state index contributed by atoms with van der Waals surface area (Å²) in [5.74, 6) is -0.129. The Morgan fingerprint density at radius 2 is 1.03 bits per heavy atom. The Labute approximate surface area is 193 Å². The molecule has 0 spiro atoms. The van der Waals surface area contributed by atoms with Crippen molar-refractivity contribution in [2.45, 2.75) is 45.3 Å². The van der Waals surface area contributed by atoms with Gasteiger partial charge >= 0.3 is 0 Å². The highest BCUT2D eigenvalue weighted by molar-refractivity contribution is 6.07. The fourth-order valence-corrected chi connectivity index (χ4v) is 3.13. The molecule has 33 heavy (non-hydrogen) atoms. The molecule has 0 aliphatic rings. The van der Waals surface area contributed by atoms with E-state index < -0.39 is 29.2 Å². The Balaban J connectivity index is 2.17. The molecule has 6 nitrogen and oxygen atoms in total. The van der Waals surface area contributed by atoms with Crippen molar-refractivity contribution in [2.24, 2.45) is 0 Å². The molecule has 0 aliphatic carbocycles. The first kappa shape index (κ1) is 25.5. The molecule has 2 rings (SSSR count). The van der Waals surface area contributed by atoms with Crippen molar-refractivity contribution in [3.8, 4) is 11.5 Å². The number of Topliss-reactive ketones (excluding diaryl/α,β-unsaturated/α-hetero) is 2. The second-order valence-corrected chi connectivity index (χ2v) is 8.31. The fourth-order valence-electron chi connectivity index (χ4n) is 3.13. The SMILES string of the molecule is C=C(C)C(=O)C(C=O)Oc1ccc(C(C)(C)c2ccc(OC(C=O)C(=O)C(=C)C)cc2)cc1. The maximum absolute atomic E-state index is 12.0. The molecule has 0 saturated heterocycles. The summed E-state index contributed by atoms with van der Waals surface area (Å²) in [7, 11) is 0. The lowest BCUT2D eigenvalue weighted by molar-refractivity contribution is -0.129. The summed E-state index contributed by atoms with van der Waals surface area (Å²) in [6.07, 6.45) is -1.53. The van der Waals surface area contributed by atoms with E-state index in [2.05, 4.69) is 13.2 Å². The molecule has 0 amide bonds. The van der Waals surface area contributed by atoms with Crippen LogP contribution in [0.2, 0.25) is 0 Å². The van der Waals surface area contributed by atoms with E-state index >= 15 is 0 Å². The van der Waals surface area contributed by atoms with Gasteiger partial charge in [-0.25, -0.2) is 0 Å². The molecule has 0 aliphatic heterocycles. The molecule has 2 aromatic carbocycles. The molecular formula is C27H28O6. The minimum absolute atomic E-state index is 0.251. The number of hydrogen-bond donors (Lipinski definition) is 0. The topological polar surface area (TPSA) is 86.7 Å². The molecule has 0 heterocycles. The van der Waals surface area contributed by atoms with Crippen molar-refractivity contribution in [1.29, 1.82) is 0 Å². The number of ether oxygens (including phenoxy) is 2. The average Bonchev–Trinajstić information content (AvgIpc) is 2.80. The Bertz CT molecular complexity index is 975. The molecule has 2 aromatic rings. The monoisotopic (exact) mass is 448 g/mol. The van der Waals surface area contributed by atoms with Gasteiger partial charge < -0.3 is 9.47 Å². The average molecular weight is 449 g/mol. The van der Waals surface area contributed by atoms with Gasteiger partial charge in [-0.2, -0.15) is 0 Å². The standard InChI is InChI=1S/C27H28O6/c1-17(2)25(30)23(15-28)32-21-11-7-19(8-12-21)27(5,6)20-9-13-22(14-10-20)33-24(16-29)26(31)18(3)4/h7-16,23-24H,1,3H2,2,4-6H3. The summed E-state index contributed by atoms with van der Waals surface area (Å²) in [6.45, 7) is 14.2. The minimum Gasteiger partial charge on any atom is -0.475 e. The van der Waals surface area contributed by atoms with Crippen molar-refractivity contribution in [2.75, 3.05) is 0 Å². The molecule has 0 radical (unpaired) electrons. The lowest BCUT2D eigenvalue weighted by Gasteiger charge is -2.27. The summed E-state index contributed by atoms with van der Waals surface area (Å²) in [6, 6.07) is 14.3. The predicted molar refractivity (Wildman–Crippen MR) is 126 cm³/mol. The van der Waals surface area contributed by atoms with Gasteiger partial charge in [0.2, 0.25) is 23.8 Å². The van der Waals surface area contributed by atoms with E-state index in [0.717, 1.165) is 11.1 Å². The Morgan fingerprint density at radius 3 is 1.27 bits per heavy atom. The van der Waals surface area contributed by atoms with Gasteiger partial charge in [0.05, 0.1) is 0 Å². The summed E-state index contributed by atoms with van der Waals surface area (Å²) in [5, 5.41) is 0. The highest BCUT2D eigenvalue weighted by Gasteiger charge is 2.25. The van der Waals surface area contributed by atoms with Crippen molar-refractivity contribution >= 4 is 24.1 Å². The lowest BCUT2D eigenvalue weighted by Crippen LogP contribution is -2.29. The number of ketones is 2. The highest BCUT2D eigenvalue weighted by Crippen LogP contribution is 2.33. The number of benzene rings is 2. The zero-order chi connectivity index (χ0) is 24.8. The van der Waals surface area contributed by atoms with Crippen molar-refractivity contribution in [1.82, 2.24) is 0 Å².